The Balaban J connectivity index is 0.000000610. The van der Waals surface area contributed by atoms with Crippen molar-refractivity contribution >= 4 is 32.0 Å². The summed E-state index contributed by atoms with van der Waals surface area (Å²) in [6, 6.07) is 5.90. The molecule has 0 radical (unpaired) electrons. The first-order chi connectivity index (χ1) is 21.0. The molecule has 2 heterocycles. The number of hydrogen-bond acceptors (Lipinski definition) is 8. The van der Waals surface area contributed by atoms with Crippen molar-refractivity contribution in [3.8, 4) is 5.75 Å². The maximum absolute atomic E-state index is 14.1. The molecule has 0 spiro atoms. The van der Waals surface area contributed by atoms with E-state index in [1.54, 1.807) is 0 Å². The van der Waals surface area contributed by atoms with Gasteiger partial charge in [-0.1, -0.05) is 0 Å². The minimum Gasteiger partial charge on any atom is -0.497 e. The molecule has 0 amide bonds. The second kappa shape index (κ2) is 15.2. The molecular weight excluding hydrogens is 643 g/mol. The van der Waals surface area contributed by atoms with Crippen molar-refractivity contribution in [3.05, 3.63) is 71.6 Å². The Labute approximate surface area is 258 Å². The molecular formula is C28H34F3N3O9S2. The largest absolute Gasteiger partial charge is 0.497 e. The minimum atomic E-state index is -3.89. The number of ether oxygens (including phenoxy) is 1. The third kappa shape index (κ3) is 9.74. The average Bonchev–Trinajstić information content (AvgIpc) is 3.25. The van der Waals surface area contributed by atoms with E-state index in [0.29, 0.717) is 49.7 Å². The Morgan fingerprint density at radius 3 is 2.02 bits per heavy atom. The average molecular weight is 678 g/mol. The SMILES string of the molecule is COc1ccc(S(=O)(=O)NCCS(=O)(=O)N2[C@@H]3CC[C@H]2C[C@H]([C@H](N)Cc2cc(F)c(F)cc2F)C3)cc1.O=C(O)/C=C\C(=O)O. The molecule has 2 fully saturated rings. The zero-order valence-corrected chi connectivity index (χ0v) is 25.7. The molecule has 5 N–H and O–H groups in total. The lowest BCUT2D eigenvalue weighted by molar-refractivity contribution is -0.134. The third-order valence-corrected chi connectivity index (χ3v) is 11.0. The number of nitrogens with one attached hydrogen (secondary N) is 1. The van der Waals surface area contributed by atoms with E-state index < -0.39 is 61.2 Å². The summed E-state index contributed by atoms with van der Waals surface area (Å²) in [7, 11) is -6.20. The van der Waals surface area contributed by atoms with E-state index >= 15 is 0 Å². The normalized spacial score (nSPS) is 20.8. The van der Waals surface area contributed by atoms with Crippen molar-refractivity contribution in [3.63, 3.8) is 0 Å². The van der Waals surface area contributed by atoms with Crippen LogP contribution < -0.4 is 15.2 Å². The summed E-state index contributed by atoms with van der Waals surface area (Å²) < 4.78 is 101. The van der Waals surface area contributed by atoms with Gasteiger partial charge in [0, 0.05) is 42.9 Å². The predicted octanol–water partition coefficient (Wildman–Crippen LogP) is 2.25. The van der Waals surface area contributed by atoms with E-state index in [9.17, 15) is 39.6 Å². The highest BCUT2D eigenvalue weighted by atomic mass is 32.2. The number of sulfonamides is 2. The molecule has 2 aliphatic rings. The van der Waals surface area contributed by atoms with Crippen molar-refractivity contribution in [2.24, 2.45) is 11.7 Å². The Hall–Kier alpha value is -3.51. The first-order valence-corrected chi connectivity index (χ1v) is 16.8. The molecule has 2 aromatic rings. The Morgan fingerprint density at radius 1 is 0.978 bits per heavy atom. The number of methoxy groups -OCH3 is 1. The van der Waals surface area contributed by atoms with Gasteiger partial charge in [-0.15, -0.1) is 0 Å². The van der Waals surface area contributed by atoms with Crippen LogP contribution in [0.2, 0.25) is 0 Å². The third-order valence-electron chi connectivity index (χ3n) is 7.56. The number of nitrogens with two attached hydrogens (primary N) is 1. The molecule has 45 heavy (non-hydrogen) atoms. The molecule has 17 heteroatoms. The number of hydrogen-bond donors (Lipinski definition) is 4. The summed E-state index contributed by atoms with van der Waals surface area (Å²) in [4.78, 5) is 19.1. The zero-order chi connectivity index (χ0) is 33.5. The number of piperidine rings is 1. The number of halogens is 3. The molecule has 2 bridgehead atoms. The zero-order valence-electron chi connectivity index (χ0n) is 24.1. The fourth-order valence-electron chi connectivity index (χ4n) is 5.51. The molecule has 0 aromatic heterocycles. The van der Waals surface area contributed by atoms with Crippen LogP contribution >= 0.6 is 0 Å². The molecule has 12 nitrogen and oxygen atoms in total. The number of carbonyl (C=O) groups is 2. The van der Waals surface area contributed by atoms with Gasteiger partial charge < -0.3 is 20.7 Å². The number of carboxylic acid groups (broad SMARTS) is 2. The summed E-state index contributed by atoms with van der Waals surface area (Å²) in [5.74, 6) is -5.81. The van der Waals surface area contributed by atoms with Crippen molar-refractivity contribution in [2.45, 2.75) is 55.1 Å². The van der Waals surface area contributed by atoms with Crippen molar-refractivity contribution < 1.29 is 54.5 Å². The quantitative estimate of drug-likeness (QED) is 0.191. The summed E-state index contributed by atoms with van der Waals surface area (Å²) in [6.07, 6.45) is 3.33. The smallest absolute Gasteiger partial charge is 0.328 e. The van der Waals surface area contributed by atoms with E-state index in [0.717, 1.165) is 6.07 Å². The molecule has 0 aliphatic carbocycles. The number of aliphatic carboxylic acids is 2. The molecule has 2 saturated heterocycles. The summed E-state index contributed by atoms with van der Waals surface area (Å²) in [6.45, 7) is -0.287. The first kappa shape index (κ1) is 36.0. The van der Waals surface area contributed by atoms with Gasteiger partial charge >= 0.3 is 11.9 Å². The highest BCUT2D eigenvalue weighted by Gasteiger charge is 2.47. The van der Waals surface area contributed by atoms with Gasteiger partial charge in [-0.05, 0) is 73.9 Å². The van der Waals surface area contributed by atoms with Crippen molar-refractivity contribution in [1.29, 1.82) is 0 Å². The lowest BCUT2D eigenvalue weighted by atomic mass is 9.83. The first-order valence-electron chi connectivity index (χ1n) is 13.7. The van der Waals surface area contributed by atoms with Crippen LogP contribution in [-0.4, -0.2) is 80.8 Å². The maximum atomic E-state index is 14.1. The number of rotatable bonds is 12. The van der Waals surface area contributed by atoms with Gasteiger partial charge in [0.2, 0.25) is 20.0 Å². The van der Waals surface area contributed by atoms with Crippen LogP contribution in [0.3, 0.4) is 0 Å². The van der Waals surface area contributed by atoms with Crippen LogP contribution in [-0.2, 0) is 36.1 Å². The van der Waals surface area contributed by atoms with Gasteiger partial charge in [0.25, 0.3) is 0 Å². The Kier molecular flexibility index (Phi) is 12.1. The Bertz CT molecular complexity index is 1590. The highest BCUT2D eigenvalue weighted by molar-refractivity contribution is 7.90. The van der Waals surface area contributed by atoms with Crippen LogP contribution in [0.4, 0.5) is 13.2 Å². The van der Waals surface area contributed by atoms with E-state index in [1.807, 2.05) is 0 Å². The van der Waals surface area contributed by atoms with Crippen LogP contribution in [0.25, 0.3) is 0 Å². The van der Waals surface area contributed by atoms with Crippen LogP contribution in [0.1, 0.15) is 31.2 Å². The topological polar surface area (TPSA) is 193 Å². The van der Waals surface area contributed by atoms with Crippen LogP contribution in [0.15, 0.2) is 53.4 Å². The summed E-state index contributed by atoms with van der Waals surface area (Å²) in [5.41, 5.74) is 6.29. The fourth-order valence-corrected chi connectivity index (χ4v) is 8.54. The Morgan fingerprint density at radius 2 is 1.51 bits per heavy atom. The molecule has 0 unspecified atom stereocenters. The number of nitrogens with zero attached hydrogens (tertiary/aromatic N) is 1. The van der Waals surface area contributed by atoms with Crippen molar-refractivity contribution in [1.82, 2.24) is 9.03 Å². The highest BCUT2D eigenvalue weighted by Crippen LogP contribution is 2.42. The van der Waals surface area contributed by atoms with Gasteiger partial charge in [-0.3, -0.25) is 0 Å². The van der Waals surface area contributed by atoms with Gasteiger partial charge in [-0.2, -0.15) is 4.31 Å². The minimum absolute atomic E-state index is 0.00181. The maximum Gasteiger partial charge on any atom is 0.328 e. The summed E-state index contributed by atoms with van der Waals surface area (Å²) in [5, 5.41) is 15.6. The van der Waals surface area contributed by atoms with E-state index in [2.05, 4.69) is 4.72 Å². The second-order valence-electron chi connectivity index (χ2n) is 10.6. The van der Waals surface area contributed by atoms with Crippen molar-refractivity contribution in [2.75, 3.05) is 19.4 Å². The van der Waals surface area contributed by atoms with E-state index in [4.69, 9.17) is 20.7 Å². The molecule has 0 saturated carbocycles. The standard InChI is InChI=1S/C24H30F3N3O5S2.C4H4O4/c1-35-19-4-6-20(7-5-19)37(33,34)29-8-9-36(31,32)30-17-2-3-18(30)11-16(10-17)24(28)13-15-12-22(26)23(27)14-21(15)25;5-3(6)1-2-4(7)8/h4-7,12,14,16-18,24,29H,2-3,8-11,13,28H2,1H3;1-2H,(H,5,6)(H,7,8)/b;2-1-/t16-,17-,18+,24-;/m1./s1. The van der Waals surface area contributed by atoms with Gasteiger partial charge in [0.1, 0.15) is 11.6 Å². The molecule has 4 atom stereocenters. The number of benzene rings is 2. The monoisotopic (exact) mass is 677 g/mol. The molecule has 2 aliphatic heterocycles. The fraction of sp³-hybridized carbons (Fsp3) is 0.429. The molecule has 2 aromatic carbocycles. The number of carboxylic acids is 2. The second-order valence-corrected chi connectivity index (χ2v) is 14.3. The number of fused-ring (bicyclic) bond motifs is 2. The lowest BCUT2D eigenvalue weighted by Gasteiger charge is -2.40. The van der Waals surface area contributed by atoms with Crippen LogP contribution in [0.5, 0.6) is 5.75 Å². The summed E-state index contributed by atoms with van der Waals surface area (Å²) >= 11 is 0. The van der Waals surface area contributed by atoms with Crippen LogP contribution in [0, 0.1) is 23.4 Å². The van der Waals surface area contributed by atoms with Gasteiger partial charge in [-0.25, -0.2) is 44.3 Å². The van der Waals surface area contributed by atoms with E-state index in [-0.39, 0.29) is 41.4 Å². The van der Waals surface area contributed by atoms with Gasteiger partial charge in [0.15, 0.2) is 11.6 Å². The van der Waals surface area contributed by atoms with E-state index in [1.165, 1.54) is 35.7 Å². The molecule has 4 rings (SSSR count). The molecule has 248 valence electrons. The van der Waals surface area contributed by atoms with Gasteiger partial charge in [0.05, 0.1) is 17.8 Å². The predicted molar refractivity (Wildman–Crippen MR) is 156 cm³/mol. The lowest BCUT2D eigenvalue weighted by Crippen LogP contribution is -2.51.